The van der Waals surface area contributed by atoms with E-state index in [1.807, 2.05) is 21.0 Å². The predicted octanol–water partition coefficient (Wildman–Crippen LogP) is 0.841. The lowest BCUT2D eigenvalue weighted by atomic mass is 10.3. The van der Waals surface area contributed by atoms with Crippen molar-refractivity contribution in [3.63, 3.8) is 0 Å². The van der Waals surface area contributed by atoms with Gasteiger partial charge in [0, 0.05) is 38.7 Å². The first-order valence-electron chi connectivity index (χ1n) is 6.72. The number of aryl methyl sites for hydroxylation is 3. The monoisotopic (exact) mass is 311 g/mol. The van der Waals surface area contributed by atoms with E-state index in [4.69, 9.17) is 0 Å². The fourth-order valence-electron chi connectivity index (χ4n) is 2.17. The summed E-state index contributed by atoms with van der Waals surface area (Å²) in [4.78, 5) is 0.251. The molecule has 0 atom stereocenters. The molecule has 0 saturated carbocycles. The first kappa shape index (κ1) is 15.6. The molecule has 2 rings (SSSR count). The van der Waals surface area contributed by atoms with E-state index in [9.17, 15) is 8.42 Å². The zero-order valence-electron chi connectivity index (χ0n) is 12.7. The standard InChI is InChI=1S/C13H21N5O2S/c1-5-12-13(9-18(4)15-12)16-21(19,20)11-6-10(7-14-2)17(3)8-11/h6,8-9,14,16H,5,7H2,1-4H3. The van der Waals surface area contributed by atoms with Crippen molar-refractivity contribution in [2.75, 3.05) is 11.8 Å². The number of aromatic nitrogens is 3. The molecule has 0 radical (unpaired) electrons. The van der Waals surface area contributed by atoms with Crippen molar-refractivity contribution in [3.05, 3.63) is 29.8 Å². The Labute approximate surface area is 125 Å². The zero-order valence-corrected chi connectivity index (χ0v) is 13.5. The molecule has 7 nitrogen and oxygen atoms in total. The Balaban J connectivity index is 2.31. The molecule has 0 spiro atoms. The van der Waals surface area contributed by atoms with Gasteiger partial charge in [-0.05, 0) is 19.5 Å². The average molecular weight is 311 g/mol. The summed E-state index contributed by atoms with van der Waals surface area (Å²) in [5.74, 6) is 0. The summed E-state index contributed by atoms with van der Waals surface area (Å²) in [5, 5.41) is 7.25. The van der Waals surface area contributed by atoms with E-state index >= 15 is 0 Å². The van der Waals surface area contributed by atoms with E-state index in [1.54, 1.807) is 34.8 Å². The van der Waals surface area contributed by atoms with Gasteiger partial charge in [-0.25, -0.2) is 8.42 Å². The molecular weight excluding hydrogens is 290 g/mol. The topological polar surface area (TPSA) is 80.9 Å². The molecule has 0 fully saturated rings. The Kier molecular flexibility index (Phi) is 4.38. The van der Waals surface area contributed by atoms with Crippen LogP contribution in [-0.2, 0) is 37.1 Å². The Morgan fingerprint density at radius 3 is 2.62 bits per heavy atom. The van der Waals surface area contributed by atoms with Crippen molar-refractivity contribution in [1.29, 1.82) is 0 Å². The first-order chi connectivity index (χ1) is 9.87. The fourth-order valence-corrected chi connectivity index (χ4v) is 3.33. The minimum absolute atomic E-state index is 0.251. The summed E-state index contributed by atoms with van der Waals surface area (Å²) in [6, 6.07) is 1.67. The maximum absolute atomic E-state index is 12.5. The maximum Gasteiger partial charge on any atom is 0.263 e. The van der Waals surface area contributed by atoms with Crippen LogP contribution < -0.4 is 10.0 Å². The molecule has 21 heavy (non-hydrogen) atoms. The van der Waals surface area contributed by atoms with Crippen molar-refractivity contribution in [2.24, 2.45) is 14.1 Å². The van der Waals surface area contributed by atoms with E-state index in [1.165, 1.54) is 0 Å². The Bertz CT molecular complexity index is 730. The van der Waals surface area contributed by atoms with Gasteiger partial charge < -0.3 is 9.88 Å². The minimum Gasteiger partial charge on any atom is -0.352 e. The molecule has 0 bridgehead atoms. The third-order valence-electron chi connectivity index (χ3n) is 3.24. The van der Waals surface area contributed by atoms with E-state index in [0.717, 1.165) is 11.4 Å². The second kappa shape index (κ2) is 5.90. The third kappa shape index (κ3) is 3.27. The van der Waals surface area contributed by atoms with Gasteiger partial charge in [-0.3, -0.25) is 9.40 Å². The number of nitrogens with zero attached hydrogens (tertiary/aromatic N) is 3. The number of nitrogens with one attached hydrogen (secondary N) is 2. The quantitative estimate of drug-likeness (QED) is 0.828. The van der Waals surface area contributed by atoms with Crippen LogP contribution in [-0.4, -0.2) is 29.8 Å². The molecule has 2 N–H and O–H groups in total. The predicted molar refractivity (Wildman–Crippen MR) is 81.6 cm³/mol. The molecule has 0 aromatic carbocycles. The van der Waals surface area contributed by atoms with Crippen LogP contribution in [0.3, 0.4) is 0 Å². The van der Waals surface area contributed by atoms with Crippen LogP contribution in [0.1, 0.15) is 18.3 Å². The average Bonchev–Trinajstić information content (AvgIpc) is 2.94. The van der Waals surface area contributed by atoms with E-state index in [-0.39, 0.29) is 4.90 Å². The summed E-state index contributed by atoms with van der Waals surface area (Å²) in [6.07, 6.45) is 3.95. The van der Waals surface area contributed by atoms with Crippen LogP contribution in [0.15, 0.2) is 23.4 Å². The maximum atomic E-state index is 12.5. The van der Waals surface area contributed by atoms with Crippen LogP contribution in [0.5, 0.6) is 0 Å². The fraction of sp³-hybridized carbons (Fsp3) is 0.462. The number of hydrogen-bond donors (Lipinski definition) is 2. The van der Waals surface area contributed by atoms with Crippen LogP contribution in [0, 0.1) is 0 Å². The van der Waals surface area contributed by atoms with E-state index in [0.29, 0.717) is 18.7 Å². The zero-order chi connectivity index (χ0) is 15.6. The van der Waals surface area contributed by atoms with E-state index in [2.05, 4.69) is 15.1 Å². The third-order valence-corrected chi connectivity index (χ3v) is 4.57. The summed E-state index contributed by atoms with van der Waals surface area (Å²) in [6.45, 7) is 2.55. The number of rotatable bonds is 6. The molecule has 0 amide bonds. The summed E-state index contributed by atoms with van der Waals surface area (Å²) < 4.78 is 31.0. The summed E-state index contributed by atoms with van der Waals surface area (Å²) >= 11 is 0. The first-order valence-corrected chi connectivity index (χ1v) is 8.21. The lowest BCUT2D eigenvalue weighted by molar-refractivity contribution is 0.601. The molecule has 0 aliphatic rings. The number of anilines is 1. The van der Waals surface area contributed by atoms with Gasteiger partial charge in [0.05, 0.1) is 11.4 Å². The lowest BCUT2D eigenvalue weighted by Gasteiger charge is -2.05. The Hall–Kier alpha value is -1.80. The Morgan fingerprint density at radius 1 is 1.29 bits per heavy atom. The highest BCUT2D eigenvalue weighted by molar-refractivity contribution is 7.92. The second-order valence-corrected chi connectivity index (χ2v) is 6.61. The molecule has 8 heteroatoms. The molecule has 116 valence electrons. The van der Waals surface area contributed by atoms with Gasteiger partial charge in [0.15, 0.2) is 0 Å². The summed E-state index contributed by atoms with van der Waals surface area (Å²) in [5.41, 5.74) is 2.16. The minimum atomic E-state index is -3.60. The lowest BCUT2D eigenvalue weighted by Crippen LogP contribution is -2.13. The van der Waals surface area contributed by atoms with Gasteiger partial charge >= 0.3 is 0 Å². The highest BCUT2D eigenvalue weighted by Crippen LogP contribution is 2.21. The van der Waals surface area contributed by atoms with E-state index < -0.39 is 10.0 Å². The molecule has 0 unspecified atom stereocenters. The molecule has 2 aromatic rings. The molecular formula is C13H21N5O2S. The number of hydrogen-bond acceptors (Lipinski definition) is 4. The Morgan fingerprint density at radius 2 is 2.00 bits per heavy atom. The van der Waals surface area contributed by atoms with Crippen LogP contribution in [0.4, 0.5) is 5.69 Å². The van der Waals surface area contributed by atoms with Gasteiger partial charge in [0.2, 0.25) is 0 Å². The molecule has 0 aliphatic heterocycles. The highest BCUT2D eigenvalue weighted by Gasteiger charge is 2.20. The van der Waals surface area contributed by atoms with Crippen molar-refractivity contribution < 1.29 is 8.42 Å². The van der Waals surface area contributed by atoms with Crippen molar-refractivity contribution in [1.82, 2.24) is 19.7 Å². The highest BCUT2D eigenvalue weighted by atomic mass is 32.2. The normalized spacial score (nSPS) is 11.8. The van der Waals surface area contributed by atoms with Crippen molar-refractivity contribution in [3.8, 4) is 0 Å². The smallest absolute Gasteiger partial charge is 0.263 e. The molecule has 0 aliphatic carbocycles. The number of sulfonamides is 1. The van der Waals surface area contributed by atoms with Crippen LogP contribution in [0.2, 0.25) is 0 Å². The van der Waals surface area contributed by atoms with Gasteiger partial charge in [0.25, 0.3) is 10.0 Å². The van der Waals surface area contributed by atoms with Gasteiger partial charge in [-0.15, -0.1) is 0 Å². The van der Waals surface area contributed by atoms with Gasteiger partial charge in [-0.1, -0.05) is 6.92 Å². The van der Waals surface area contributed by atoms with Crippen molar-refractivity contribution in [2.45, 2.75) is 24.8 Å². The van der Waals surface area contributed by atoms with Crippen molar-refractivity contribution >= 4 is 15.7 Å². The molecule has 0 saturated heterocycles. The summed E-state index contributed by atoms with van der Waals surface area (Å²) in [7, 11) is 1.81. The molecule has 2 heterocycles. The molecule has 2 aromatic heterocycles. The van der Waals surface area contributed by atoms with Crippen LogP contribution in [0.25, 0.3) is 0 Å². The van der Waals surface area contributed by atoms with Crippen LogP contribution >= 0.6 is 0 Å². The SMILES string of the molecule is CCc1nn(C)cc1NS(=O)(=O)c1cc(CNC)n(C)c1. The second-order valence-electron chi connectivity index (χ2n) is 4.93. The van der Waals surface area contributed by atoms with Gasteiger partial charge in [0.1, 0.15) is 4.90 Å². The largest absolute Gasteiger partial charge is 0.352 e. The van der Waals surface area contributed by atoms with Gasteiger partial charge in [-0.2, -0.15) is 5.10 Å².